The van der Waals surface area contributed by atoms with E-state index in [2.05, 4.69) is 12.2 Å². The van der Waals surface area contributed by atoms with Gasteiger partial charge in [-0.15, -0.1) is 0 Å². The first-order valence-electron chi connectivity index (χ1n) is 7.73. The largest absolute Gasteiger partial charge is 0.356 e. The number of nitrogens with one attached hydrogen (secondary N) is 1. The number of hydrogen-bond donors (Lipinski definition) is 2. The summed E-state index contributed by atoms with van der Waals surface area (Å²) in [6, 6.07) is 7.97. The van der Waals surface area contributed by atoms with E-state index in [0.29, 0.717) is 18.9 Å². The van der Waals surface area contributed by atoms with Crippen molar-refractivity contribution in [1.82, 2.24) is 5.32 Å². The minimum atomic E-state index is 0.128. The quantitative estimate of drug-likeness (QED) is 0.867. The lowest BCUT2D eigenvalue weighted by atomic mass is 9.80. The van der Waals surface area contributed by atoms with E-state index < -0.39 is 0 Å². The Labute approximate surface area is 121 Å². The van der Waals surface area contributed by atoms with E-state index in [-0.39, 0.29) is 5.91 Å². The van der Waals surface area contributed by atoms with Crippen molar-refractivity contribution in [1.29, 1.82) is 0 Å². The summed E-state index contributed by atoms with van der Waals surface area (Å²) in [5.74, 6) is 1.53. The summed E-state index contributed by atoms with van der Waals surface area (Å²) in [6.07, 6.45) is 5.68. The van der Waals surface area contributed by atoms with Crippen molar-refractivity contribution in [2.75, 3.05) is 6.54 Å². The van der Waals surface area contributed by atoms with Gasteiger partial charge in [-0.05, 0) is 29.4 Å². The molecule has 0 heterocycles. The fourth-order valence-electron chi connectivity index (χ4n) is 2.98. The molecule has 1 aromatic carbocycles. The second kappa shape index (κ2) is 7.44. The first kappa shape index (κ1) is 15.0. The maximum absolute atomic E-state index is 12.0. The van der Waals surface area contributed by atoms with Crippen LogP contribution in [0.5, 0.6) is 0 Å². The Bertz CT molecular complexity index is 427. The molecule has 0 bridgehead atoms. The predicted octanol–water partition coefficient (Wildman–Crippen LogP) is 2.63. The number of benzene rings is 1. The molecule has 1 saturated carbocycles. The van der Waals surface area contributed by atoms with Gasteiger partial charge in [0.25, 0.3) is 0 Å². The van der Waals surface area contributed by atoms with E-state index in [0.717, 1.165) is 23.6 Å². The monoisotopic (exact) mass is 274 g/mol. The summed E-state index contributed by atoms with van der Waals surface area (Å²) in [7, 11) is 0. The average molecular weight is 274 g/mol. The fourth-order valence-corrected chi connectivity index (χ4v) is 2.98. The number of hydrogen-bond acceptors (Lipinski definition) is 2. The van der Waals surface area contributed by atoms with Gasteiger partial charge in [-0.3, -0.25) is 4.79 Å². The molecule has 0 aromatic heterocycles. The van der Waals surface area contributed by atoms with Gasteiger partial charge in [0.1, 0.15) is 0 Å². The van der Waals surface area contributed by atoms with Crippen molar-refractivity contribution >= 4 is 5.91 Å². The third-order valence-corrected chi connectivity index (χ3v) is 4.47. The highest BCUT2D eigenvalue weighted by atomic mass is 16.1. The molecule has 1 fully saturated rings. The van der Waals surface area contributed by atoms with Crippen molar-refractivity contribution in [2.45, 2.75) is 45.6 Å². The molecule has 0 aliphatic heterocycles. The van der Waals surface area contributed by atoms with E-state index in [1.807, 2.05) is 24.3 Å². The van der Waals surface area contributed by atoms with E-state index in [9.17, 15) is 4.79 Å². The van der Waals surface area contributed by atoms with Gasteiger partial charge in [-0.2, -0.15) is 0 Å². The van der Waals surface area contributed by atoms with Crippen molar-refractivity contribution in [3.8, 4) is 0 Å². The zero-order valence-corrected chi connectivity index (χ0v) is 12.4. The third kappa shape index (κ3) is 4.34. The molecular weight excluding hydrogens is 248 g/mol. The van der Waals surface area contributed by atoms with Gasteiger partial charge in [-0.1, -0.05) is 50.5 Å². The van der Waals surface area contributed by atoms with E-state index >= 15 is 0 Å². The SMILES string of the molecule is CC1CCCCC1CNC(=O)Cc1ccc(CN)cc1. The molecule has 2 rings (SSSR count). The Hall–Kier alpha value is -1.35. The van der Waals surface area contributed by atoms with Gasteiger partial charge in [0.05, 0.1) is 6.42 Å². The molecule has 1 aliphatic carbocycles. The molecule has 3 nitrogen and oxygen atoms in total. The summed E-state index contributed by atoms with van der Waals surface area (Å²) >= 11 is 0. The number of rotatable bonds is 5. The van der Waals surface area contributed by atoms with Crippen molar-refractivity contribution < 1.29 is 4.79 Å². The van der Waals surface area contributed by atoms with Crippen LogP contribution in [0, 0.1) is 11.8 Å². The highest BCUT2D eigenvalue weighted by Gasteiger charge is 2.21. The Kier molecular flexibility index (Phi) is 5.60. The van der Waals surface area contributed by atoms with Crippen LogP contribution in [-0.4, -0.2) is 12.5 Å². The van der Waals surface area contributed by atoms with E-state index in [1.54, 1.807) is 0 Å². The second-order valence-electron chi connectivity index (χ2n) is 6.02. The van der Waals surface area contributed by atoms with Gasteiger partial charge in [0.15, 0.2) is 0 Å². The Morgan fingerprint density at radius 3 is 2.50 bits per heavy atom. The summed E-state index contributed by atoms with van der Waals surface area (Å²) in [4.78, 5) is 12.0. The molecule has 110 valence electrons. The minimum Gasteiger partial charge on any atom is -0.356 e. The second-order valence-corrected chi connectivity index (χ2v) is 6.02. The highest BCUT2D eigenvalue weighted by molar-refractivity contribution is 5.78. The van der Waals surface area contributed by atoms with Crippen LogP contribution in [0.3, 0.4) is 0 Å². The topological polar surface area (TPSA) is 55.1 Å². The molecule has 1 amide bonds. The Morgan fingerprint density at radius 2 is 1.85 bits per heavy atom. The number of nitrogens with two attached hydrogens (primary N) is 1. The summed E-state index contributed by atoms with van der Waals surface area (Å²) < 4.78 is 0. The molecule has 2 unspecified atom stereocenters. The molecule has 2 atom stereocenters. The van der Waals surface area contributed by atoms with Gasteiger partial charge < -0.3 is 11.1 Å². The van der Waals surface area contributed by atoms with Crippen molar-refractivity contribution in [3.05, 3.63) is 35.4 Å². The minimum absolute atomic E-state index is 0.128. The predicted molar refractivity (Wildman–Crippen MR) is 82.2 cm³/mol. The molecule has 0 spiro atoms. The van der Waals surface area contributed by atoms with Crippen LogP contribution < -0.4 is 11.1 Å². The number of carbonyl (C=O) groups excluding carboxylic acids is 1. The van der Waals surface area contributed by atoms with Crippen LogP contribution in [-0.2, 0) is 17.8 Å². The fraction of sp³-hybridized carbons (Fsp3) is 0.588. The lowest BCUT2D eigenvalue weighted by molar-refractivity contribution is -0.120. The normalized spacial score (nSPS) is 22.5. The van der Waals surface area contributed by atoms with Crippen LogP contribution in [0.15, 0.2) is 24.3 Å². The van der Waals surface area contributed by atoms with Gasteiger partial charge in [0, 0.05) is 13.1 Å². The first-order valence-corrected chi connectivity index (χ1v) is 7.73. The standard InChI is InChI=1S/C17H26N2O/c1-13-4-2-3-5-16(13)12-19-17(20)10-14-6-8-15(11-18)9-7-14/h6-9,13,16H,2-5,10-12,18H2,1H3,(H,19,20). The zero-order valence-electron chi connectivity index (χ0n) is 12.4. The lowest BCUT2D eigenvalue weighted by Gasteiger charge is -2.28. The molecule has 3 heteroatoms. The summed E-state index contributed by atoms with van der Waals surface area (Å²) in [6.45, 7) is 3.69. The van der Waals surface area contributed by atoms with Crippen LogP contribution in [0.2, 0.25) is 0 Å². The molecular formula is C17H26N2O. The van der Waals surface area contributed by atoms with Gasteiger partial charge in [-0.25, -0.2) is 0 Å². The maximum atomic E-state index is 12.0. The third-order valence-electron chi connectivity index (χ3n) is 4.47. The van der Waals surface area contributed by atoms with Crippen LogP contribution in [0.1, 0.15) is 43.7 Å². The number of amides is 1. The molecule has 3 N–H and O–H groups in total. The van der Waals surface area contributed by atoms with Crippen molar-refractivity contribution in [3.63, 3.8) is 0 Å². The van der Waals surface area contributed by atoms with E-state index in [4.69, 9.17) is 5.73 Å². The lowest BCUT2D eigenvalue weighted by Crippen LogP contribution is -2.34. The maximum Gasteiger partial charge on any atom is 0.224 e. The Morgan fingerprint density at radius 1 is 1.20 bits per heavy atom. The molecule has 1 aliphatic rings. The first-order chi connectivity index (χ1) is 9.69. The van der Waals surface area contributed by atoms with Crippen molar-refractivity contribution in [2.24, 2.45) is 17.6 Å². The van der Waals surface area contributed by atoms with Gasteiger partial charge in [0.2, 0.25) is 5.91 Å². The summed E-state index contributed by atoms with van der Waals surface area (Å²) in [5.41, 5.74) is 7.72. The van der Waals surface area contributed by atoms with Crippen LogP contribution in [0.4, 0.5) is 0 Å². The molecule has 0 radical (unpaired) electrons. The smallest absolute Gasteiger partial charge is 0.224 e. The van der Waals surface area contributed by atoms with Crippen LogP contribution in [0.25, 0.3) is 0 Å². The number of carbonyl (C=O) groups is 1. The molecule has 0 saturated heterocycles. The van der Waals surface area contributed by atoms with E-state index in [1.165, 1.54) is 25.7 Å². The summed E-state index contributed by atoms with van der Waals surface area (Å²) in [5, 5.41) is 3.10. The molecule has 1 aromatic rings. The Balaban J connectivity index is 1.76. The zero-order chi connectivity index (χ0) is 14.4. The van der Waals surface area contributed by atoms with Crippen LogP contribution >= 0.6 is 0 Å². The molecule has 20 heavy (non-hydrogen) atoms. The highest BCUT2D eigenvalue weighted by Crippen LogP contribution is 2.28. The average Bonchev–Trinajstić information content (AvgIpc) is 2.47. The van der Waals surface area contributed by atoms with Gasteiger partial charge >= 0.3 is 0 Å².